The first-order valence-electron chi connectivity index (χ1n) is 7.85. The van der Waals surface area contributed by atoms with Crippen molar-refractivity contribution in [1.82, 2.24) is 4.90 Å². The molecule has 2 amide bonds. The lowest BCUT2D eigenvalue weighted by molar-refractivity contribution is -0.385. The van der Waals surface area contributed by atoms with Crippen LogP contribution in [0.15, 0.2) is 42.5 Å². The average molecular weight is 354 g/mol. The topological polar surface area (TPSA) is 107 Å². The number of carbonyl (C=O) groups is 3. The highest BCUT2D eigenvalue weighted by Crippen LogP contribution is 2.30. The first-order valence-corrected chi connectivity index (χ1v) is 7.85. The predicted molar refractivity (Wildman–Crippen MR) is 89.9 cm³/mol. The van der Waals surface area contributed by atoms with Crippen LogP contribution >= 0.6 is 0 Å². The SMILES string of the molecule is CCc1ccc(OC(=O)CN2C(=O)c3cccc([N+](=O)[O-])c3C2=O)cc1. The number of ether oxygens (including phenoxy) is 1. The Hall–Kier alpha value is -3.55. The Labute approximate surface area is 148 Å². The Morgan fingerprint density at radius 2 is 1.81 bits per heavy atom. The van der Waals surface area contributed by atoms with Crippen molar-refractivity contribution in [2.75, 3.05) is 6.54 Å². The van der Waals surface area contributed by atoms with Crippen LogP contribution in [-0.4, -0.2) is 34.2 Å². The molecule has 0 N–H and O–H groups in total. The second kappa shape index (κ2) is 6.75. The third-order valence-corrected chi connectivity index (χ3v) is 4.02. The molecule has 0 aromatic heterocycles. The Kier molecular flexibility index (Phi) is 4.49. The van der Waals surface area contributed by atoms with Crippen LogP contribution in [0.3, 0.4) is 0 Å². The van der Waals surface area contributed by atoms with Gasteiger partial charge in [0.05, 0.1) is 10.5 Å². The van der Waals surface area contributed by atoms with Crippen LogP contribution in [0.2, 0.25) is 0 Å². The number of carbonyl (C=O) groups excluding carboxylic acids is 3. The molecule has 1 aliphatic heterocycles. The van der Waals surface area contributed by atoms with E-state index in [0.717, 1.165) is 18.1 Å². The van der Waals surface area contributed by atoms with Gasteiger partial charge in [-0.2, -0.15) is 0 Å². The second-order valence-electron chi connectivity index (χ2n) is 5.62. The molecule has 0 unspecified atom stereocenters. The van der Waals surface area contributed by atoms with Gasteiger partial charge in [0.15, 0.2) is 0 Å². The molecule has 1 heterocycles. The summed E-state index contributed by atoms with van der Waals surface area (Å²) >= 11 is 0. The van der Waals surface area contributed by atoms with E-state index in [-0.39, 0.29) is 16.9 Å². The molecule has 0 atom stereocenters. The Morgan fingerprint density at radius 3 is 2.42 bits per heavy atom. The summed E-state index contributed by atoms with van der Waals surface area (Å²) in [6.07, 6.45) is 0.835. The van der Waals surface area contributed by atoms with Crippen LogP contribution in [0.4, 0.5) is 5.69 Å². The van der Waals surface area contributed by atoms with Gasteiger partial charge in [-0.25, -0.2) is 4.79 Å². The van der Waals surface area contributed by atoms with E-state index in [4.69, 9.17) is 4.74 Å². The number of nitro groups is 1. The predicted octanol–water partition coefficient (Wildman–Crippen LogP) is 2.36. The number of rotatable bonds is 5. The minimum Gasteiger partial charge on any atom is -0.425 e. The number of nitro benzene ring substituents is 1. The lowest BCUT2D eigenvalue weighted by Gasteiger charge is -2.12. The zero-order valence-corrected chi connectivity index (χ0v) is 13.8. The number of aryl methyl sites for hydroxylation is 1. The normalized spacial score (nSPS) is 12.9. The molecule has 2 aromatic carbocycles. The van der Waals surface area contributed by atoms with Crippen molar-refractivity contribution in [2.24, 2.45) is 0 Å². The molecule has 0 aliphatic carbocycles. The smallest absolute Gasteiger partial charge is 0.331 e. The molecule has 0 saturated heterocycles. The first-order chi connectivity index (χ1) is 12.4. The zero-order chi connectivity index (χ0) is 18.8. The fourth-order valence-electron chi connectivity index (χ4n) is 2.70. The number of hydrogen-bond donors (Lipinski definition) is 0. The largest absolute Gasteiger partial charge is 0.425 e. The Balaban J connectivity index is 1.77. The molecular formula is C18H14N2O6. The molecule has 0 saturated carbocycles. The van der Waals surface area contributed by atoms with E-state index < -0.39 is 34.9 Å². The maximum absolute atomic E-state index is 12.4. The third kappa shape index (κ3) is 3.04. The van der Waals surface area contributed by atoms with Gasteiger partial charge in [0, 0.05) is 6.07 Å². The standard InChI is InChI=1S/C18H14N2O6/c1-2-11-6-8-12(9-7-11)26-15(21)10-19-17(22)13-4-3-5-14(20(24)25)16(13)18(19)23/h3-9H,2,10H2,1H3. The number of amides is 2. The summed E-state index contributed by atoms with van der Waals surface area (Å²) in [6.45, 7) is 1.36. The molecular weight excluding hydrogens is 340 g/mol. The van der Waals surface area contributed by atoms with Gasteiger partial charge >= 0.3 is 5.97 Å². The zero-order valence-electron chi connectivity index (χ0n) is 13.8. The number of imide groups is 1. The molecule has 0 spiro atoms. The second-order valence-corrected chi connectivity index (χ2v) is 5.62. The van der Waals surface area contributed by atoms with Crippen molar-refractivity contribution in [1.29, 1.82) is 0 Å². The first kappa shape index (κ1) is 17.3. The summed E-state index contributed by atoms with van der Waals surface area (Å²) in [6, 6.07) is 10.6. The number of hydrogen-bond acceptors (Lipinski definition) is 6. The summed E-state index contributed by atoms with van der Waals surface area (Å²) < 4.78 is 5.13. The molecule has 8 heteroatoms. The third-order valence-electron chi connectivity index (χ3n) is 4.02. The van der Waals surface area contributed by atoms with E-state index in [1.165, 1.54) is 12.1 Å². The highest BCUT2D eigenvalue weighted by atomic mass is 16.6. The minimum absolute atomic E-state index is 0.0932. The number of fused-ring (bicyclic) bond motifs is 1. The summed E-state index contributed by atoms with van der Waals surface area (Å²) in [4.78, 5) is 47.8. The van der Waals surface area contributed by atoms with Crippen molar-refractivity contribution in [3.8, 4) is 5.75 Å². The van der Waals surface area contributed by atoms with E-state index in [9.17, 15) is 24.5 Å². The number of esters is 1. The minimum atomic E-state index is -0.879. The van der Waals surface area contributed by atoms with E-state index in [0.29, 0.717) is 4.90 Å². The maximum Gasteiger partial charge on any atom is 0.331 e. The van der Waals surface area contributed by atoms with Crippen molar-refractivity contribution in [3.63, 3.8) is 0 Å². The monoisotopic (exact) mass is 354 g/mol. The van der Waals surface area contributed by atoms with Gasteiger partial charge in [0.2, 0.25) is 0 Å². The van der Waals surface area contributed by atoms with Gasteiger partial charge in [-0.15, -0.1) is 0 Å². The van der Waals surface area contributed by atoms with E-state index in [1.807, 2.05) is 6.92 Å². The van der Waals surface area contributed by atoms with Gasteiger partial charge < -0.3 is 4.74 Å². The lowest BCUT2D eigenvalue weighted by Crippen LogP contribution is -2.36. The van der Waals surface area contributed by atoms with Crippen molar-refractivity contribution in [3.05, 3.63) is 69.3 Å². The molecule has 1 aliphatic rings. The molecule has 3 rings (SSSR count). The van der Waals surface area contributed by atoms with Crippen LogP contribution in [-0.2, 0) is 11.2 Å². The van der Waals surface area contributed by atoms with E-state index >= 15 is 0 Å². The van der Waals surface area contributed by atoms with E-state index in [1.54, 1.807) is 24.3 Å². The average Bonchev–Trinajstić information content (AvgIpc) is 2.87. The van der Waals surface area contributed by atoms with Crippen LogP contribution < -0.4 is 4.74 Å². The Morgan fingerprint density at radius 1 is 1.12 bits per heavy atom. The molecule has 0 bridgehead atoms. The van der Waals surface area contributed by atoms with Gasteiger partial charge in [-0.05, 0) is 30.2 Å². The lowest BCUT2D eigenvalue weighted by atomic mass is 10.1. The quantitative estimate of drug-likeness (QED) is 0.268. The van der Waals surface area contributed by atoms with Crippen LogP contribution in [0.25, 0.3) is 0 Å². The molecule has 26 heavy (non-hydrogen) atoms. The van der Waals surface area contributed by atoms with Gasteiger partial charge in [-0.1, -0.05) is 25.1 Å². The van der Waals surface area contributed by atoms with Gasteiger partial charge in [0.25, 0.3) is 17.5 Å². The number of nitrogens with zero attached hydrogens (tertiary/aromatic N) is 2. The van der Waals surface area contributed by atoms with Crippen molar-refractivity contribution in [2.45, 2.75) is 13.3 Å². The molecule has 0 radical (unpaired) electrons. The Bertz CT molecular complexity index is 920. The van der Waals surface area contributed by atoms with Crippen molar-refractivity contribution < 1.29 is 24.0 Å². The van der Waals surface area contributed by atoms with Crippen molar-refractivity contribution >= 4 is 23.5 Å². The van der Waals surface area contributed by atoms with Gasteiger partial charge in [-0.3, -0.25) is 24.6 Å². The molecule has 132 valence electrons. The molecule has 0 fully saturated rings. The molecule has 8 nitrogen and oxygen atoms in total. The highest BCUT2D eigenvalue weighted by Gasteiger charge is 2.41. The van der Waals surface area contributed by atoms with Crippen LogP contribution in [0.1, 0.15) is 33.2 Å². The summed E-state index contributed by atoms with van der Waals surface area (Å²) in [5.41, 5.74) is 0.205. The highest BCUT2D eigenvalue weighted by molar-refractivity contribution is 6.24. The fourth-order valence-corrected chi connectivity index (χ4v) is 2.70. The number of benzene rings is 2. The fraction of sp³-hybridized carbons (Fsp3) is 0.167. The van der Waals surface area contributed by atoms with E-state index in [2.05, 4.69) is 0 Å². The molecule has 2 aromatic rings. The summed E-state index contributed by atoms with van der Waals surface area (Å²) in [5.74, 6) is -2.16. The van der Waals surface area contributed by atoms with Crippen LogP contribution in [0, 0.1) is 10.1 Å². The summed E-state index contributed by atoms with van der Waals surface area (Å²) in [5, 5.41) is 11.1. The summed E-state index contributed by atoms with van der Waals surface area (Å²) in [7, 11) is 0. The maximum atomic E-state index is 12.4. The van der Waals surface area contributed by atoms with Crippen LogP contribution in [0.5, 0.6) is 5.75 Å². The van der Waals surface area contributed by atoms with Gasteiger partial charge in [0.1, 0.15) is 17.9 Å².